The minimum atomic E-state index is 0.105. The molecule has 2 rings (SSSR count). The van der Waals surface area contributed by atoms with Gasteiger partial charge in [0.2, 0.25) is 0 Å². The fraction of sp³-hybridized carbons (Fsp3) is 0.500. The number of aryl methyl sites for hydroxylation is 1. The Kier molecular flexibility index (Phi) is 5.32. The molecule has 0 spiro atoms. The third-order valence-electron chi connectivity index (χ3n) is 3.85. The summed E-state index contributed by atoms with van der Waals surface area (Å²) in [6.07, 6.45) is 0.464. The molecule has 1 N–H and O–H groups in total. The van der Waals surface area contributed by atoms with E-state index in [4.69, 9.17) is 10.2 Å². The molecular formula is C16H22N4O. The number of aliphatic hydroxyl groups excluding tert-OH is 1. The van der Waals surface area contributed by atoms with Gasteiger partial charge in [-0.2, -0.15) is 5.26 Å². The molecule has 0 bridgehead atoms. The van der Waals surface area contributed by atoms with Gasteiger partial charge in [-0.05, 0) is 25.6 Å². The Morgan fingerprint density at radius 1 is 1.43 bits per heavy atom. The molecule has 1 heterocycles. The normalized spacial score (nSPS) is 12.7. The Hall–Kier alpha value is -1.90. The minimum Gasteiger partial charge on any atom is -0.395 e. The number of fused-ring (bicyclic) bond motifs is 1. The zero-order valence-electron chi connectivity index (χ0n) is 12.7. The molecule has 0 aliphatic carbocycles. The standard InChI is InChI=1S/C16H22N4O/c1-3-19(11-12-21)13(2)16-18-14-7-4-5-8-15(14)20(16)10-6-9-17/h4-5,7-8,13,21H,3,6,10-12H2,1-2H3. The summed E-state index contributed by atoms with van der Waals surface area (Å²) in [6.45, 7) is 6.43. The highest BCUT2D eigenvalue weighted by molar-refractivity contribution is 5.76. The molecule has 21 heavy (non-hydrogen) atoms. The highest BCUT2D eigenvalue weighted by atomic mass is 16.3. The van der Waals surface area contributed by atoms with E-state index in [1.807, 2.05) is 24.3 Å². The number of nitrogens with zero attached hydrogens (tertiary/aromatic N) is 4. The van der Waals surface area contributed by atoms with Gasteiger partial charge in [0.05, 0.1) is 36.2 Å². The molecule has 112 valence electrons. The Balaban J connectivity index is 2.43. The van der Waals surface area contributed by atoms with Gasteiger partial charge in [-0.3, -0.25) is 4.90 Å². The second-order valence-electron chi connectivity index (χ2n) is 5.05. The molecule has 0 amide bonds. The first-order valence-corrected chi connectivity index (χ1v) is 7.40. The highest BCUT2D eigenvalue weighted by Crippen LogP contribution is 2.24. The monoisotopic (exact) mass is 286 g/mol. The van der Waals surface area contributed by atoms with Gasteiger partial charge in [-0.15, -0.1) is 0 Å². The fourth-order valence-corrected chi connectivity index (χ4v) is 2.73. The molecule has 5 nitrogen and oxygen atoms in total. The molecule has 0 fully saturated rings. The van der Waals surface area contributed by atoms with Crippen molar-refractivity contribution in [3.63, 3.8) is 0 Å². The van der Waals surface area contributed by atoms with Crippen molar-refractivity contribution in [2.75, 3.05) is 19.7 Å². The third kappa shape index (κ3) is 3.23. The molecule has 1 unspecified atom stereocenters. The van der Waals surface area contributed by atoms with Crippen LogP contribution in [-0.4, -0.2) is 39.3 Å². The first-order valence-electron chi connectivity index (χ1n) is 7.40. The minimum absolute atomic E-state index is 0.105. The lowest BCUT2D eigenvalue weighted by Crippen LogP contribution is -2.31. The van der Waals surface area contributed by atoms with Gasteiger partial charge < -0.3 is 9.67 Å². The third-order valence-corrected chi connectivity index (χ3v) is 3.85. The van der Waals surface area contributed by atoms with Crippen LogP contribution in [0.4, 0.5) is 0 Å². The quantitative estimate of drug-likeness (QED) is 0.848. The largest absolute Gasteiger partial charge is 0.395 e. The van der Waals surface area contributed by atoms with E-state index < -0.39 is 0 Å². The van der Waals surface area contributed by atoms with Crippen LogP contribution < -0.4 is 0 Å². The lowest BCUT2D eigenvalue weighted by Gasteiger charge is -2.27. The zero-order chi connectivity index (χ0) is 15.2. The average molecular weight is 286 g/mol. The summed E-state index contributed by atoms with van der Waals surface area (Å²) in [4.78, 5) is 6.93. The second-order valence-corrected chi connectivity index (χ2v) is 5.05. The maximum atomic E-state index is 9.20. The molecule has 0 radical (unpaired) electrons. The number of hydrogen-bond donors (Lipinski definition) is 1. The summed E-state index contributed by atoms with van der Waals surface area (Å²) < 4.78 is 2.13. The summed E-state index contributed by atoms with van der Waals surface area (Å²) in [5, 5.41) is 18.1. The summed E-state index contributed by atoms with van der Waals surface area (Å²) in [5.74, 6) is 0.960. The van der Waals surface area contributed by atoms with E-state index in [1.165, 1.54) is 0 Å². The van der Waals surface area contributed by atoms with Gasteiger partial charge in [-0.1, -0.05) is 19.1 Å². The molecule has 1 atom stereocenters. The number of aliphatic hydroxyl groups is 1. The van der Waals surface area contributed by atoms with Crippen LogP contribution in [0.3, 0.4) is 0 Å². The van der Waals surface area contributed by atoms with Crippen molar-refractivity contribution in [1.29, 1.82) is 5.26 Å². The van der Waals surface area contributed by atoms with Crippen molar-refractivity contribution < 1.29 is 5.11 Å². The van der Waals surface area contributed by atoms with Crippen molar-refractivity contribution in [1.82, 2.24) is 14.5 Å². The number of aromatic nitrogens is 2. The van der Waals surface area contributed by atoms with Crippen molar-refractivity contribution >= 4 is 11.0 Å². The summed E-state index contributed by atoms with van der Waals surface area (Å²) in [5.41, 5.74) is 2.02. The maximum Gasteiger partial charge on any atom is 0.127 e. The smallest absolute Gasteiger partial charge is 0.127 e. The van der Waals surface area contributed by atoms with Crippen LogP contribution in [0.5, 0.6) is 0 Å². The number of likely N-dealkylation sites (N-methyl/N-ethyl adjacent to an activating group) is 1. The number of benzene rings is 1. The number of para-hydroxylation sites is 2. The molecule has 0 aliphatic rings. The van der Waals surface area contributed by atoms with Gasteiger partial charge in [-0.25, -0.2) is 4.98 Å². The van der Waals surface area contributed by atoms with Crippen LogP contribution >= 0.6 is 0 Å². The van der Waals surface area contributed by atoms with Gasteiger partial charge in [0, 0.05) is 13.1 Å². The molecule has 0 saturated heterocycles. The van der Waals surface area contributed by atoms with Crippen molar-refractivity contribution in [2.45, 2.75) is 32.9 Å². The van der Waals surface area contributed by atoms with Crippen LogP contribution in [0.15, 0.2) is 24.3 Å². The molecule has 2 aromatic rings. The Morgan fingerprint density at radius 3 is 2.86 bits per heavy atom. The van der Waals surface area contributed by atoms with E-state index >= 15 is 0 Å². The van der Waals surface area contributed by atoms with Gasteiger partial charge in [0.1, 0.15) is 5.82 Å². The second kappa shape index (κ2) is 7.21. The van der Waals surface area contributed by atoms with E-state index in [-0.39, 0.29) is 12.6 Å². The number of rotatable bonds is 7. The van der Waals surface area contributed by atoms with Crippen molar-refractivity contribution in [3.05, 3.63) is 30.1 Å². The van der Waals surface area contributed by atoms with Crippen LogP contribution in [0.25, 0.3) is 11.0 Å². The number of hydrogen-bond acceptors (Lipinski definition) is 4. The highest BCUT2D eigenvalue weighted by Gasteiger charge is 2.20. The Morgan fingerprint density at radius 2 is 2.19 bits per heavy atom. The first-order chi connectivity index (χ1) is 10.2. The van der Waals surface area contributed by atoms with E-state index in [0.29, 0.717) is 19.5 Å². The molecular weight excluding hydrogens is 264 g/mol. The van der Waals surface area contributed by atoms with Crippen LogP contribution in [0, 0.1) is 11.3 Å². The molecule has 5 heteroatoms. The van der Waals surface area contributed by atoms with Gasteiger partial charge in [0.15, 0.2) is 0 Å². The summed E-state index contributed by atoms with van der Waals surface area (Å²) in [6, 6.07) is 10.3. The predicted octanol–water partition coefficient (Wildman–Crippen LogP) is 2.33. The Bertz CT molecular complexity index is 629. The van der Waals surface area contributed by atoms with Crippen molar-refractivity contribution in [2.24, 2.45) is 0 Å². The molecule has 1 aromatic heterocycles. The summed E-state index contributed by atoms with van der Waals surface area (Å²) >= 11 is 0. The van der Waals surface area contributed by atoms with E-state index in [2.05, 4.69) is 29.4 Å². The van der Waals surface area contributed by atoms with Crippen LogP contribution in [0.1, 0.15) is 32.1 Å². The predicted molar refractivity (Wildman–Crippen MR) is 82.7 cm³/mol. The van der Waals surface area contributed by atoms with Crippen molar-refractivity contribution in [3.8, 4) is 6.07 Å². The number of imidazole rings is 1. The Labute approximate surface area is 125 Å². The van der Waals surface area contributed by atoms with E-state index in [9.17, 15) is 5.11 Å². The number of nitriles is 1. The molecule has 0 aliphatic heterocycles. The SMILES string of the molecule is CCN(CCO)C(C)c1nc2ccccc2n1CCC#N. The van der Waals surface area contributed by atoms with Crippen LogP contribution in [-0.2, 0) is 6.54 Å². The molecule has 1 aromatic carbocycles. The average Bonchev–Trinajstić information content (AvgIpc) is 2.88. The first kappa shape index (κ1) is 15.5. The maximum absolute atomic E-state index is 9.20. The topological polar surface area (TPSA) is 65.1 Å². The molecule has 0 saturated carbocycles. The van der Waals surface area contributed by atoms with Gasteiger partial charge >= 0.3 is 0 Å². The van der Waals surface area contributed by atoms with E-state index in [0.717, 1.165) is 23.4 Å². The lowest BCUT2D eigenvalue weighted by molar-refractivity contribution is 0.159. The van der Waals surface area contributed by atoms with Gasteiger partial charge in [0.25, 0.3) is 0 Å². The van der Waals surface area contributed by atoms with E-state index in [1.54, 1.807) is 0 Å². The fourth-order valence-electron chi connectivity index (χ4n) is 2.73. The zero-order valence-corrected chi connectivity index (χ0v) is 12.7. The summed E-state index contributed by atoms with van der Waals surface area (Å²) in [7, 11) is 0. The lowest BCUT2D eigenvalue weighted by atomic mass is 10.2. The van der Waals surface area contributed by atoms with Crippen LogP contribution in [0.2, 0.25) is 0 Å².